The lowest BCUT2D eigenvalue weighted by Crippen LogP contribution is -2.38. The van der Waals surface area contributed by atoms with Crippen molar-refractivity contribution >= 4 is 22.9 Å². The molecule has 146 valence electrons. The third-order valence-electron chi connectivity index (χ3n) is 4.72. The first-order valence-electron chi connectivity index (χ1n) is 8.92. The highest BCUT2D eigenvalue weighted by molar-refractivity contribution is 7.08. The number of carbonyl (C=O) groups is 1. The van der Waals surface area contributed by atoms with Crippen LogP contribution < -0.4 is 5.32 Å². The van der Waals surface area contributed by atoms with E-state index in [2.05, 4.69) is 15.5 Å². The van der Waals surface area contributed by atoms with Crippen LogP contribution in [0.4, 0.5) is 14.5 Å². The number of aromatic nitrogens is 2. The Bertz CT molecular complexity index is 953. The predicted octanol–water partition coefficient (Wildman–Crippen LogP) is 3.89. The van der Waals surface area contributed by atoms with Crippen molar-refractivity contribution in [2.24, 2.45) is 0 Å². The summed E-state index contributed by atoms with van der Waals surface area (Å²) in [4.78, 5) is 14.1. The molecule has 0 radical (unpaired) electrons. The zero-order valence-electron chi connectivity index (χ0n) is 14.9. The summed E-state index contributed by atoms with van der Waals surface area (Å²) < 4.78 is 32.6. The molecule has 0 unspecified atom stereocenters. The first kappa shape index (κ1) is 18.7. The van der Waals surface area contributed by atoms with E-state index in [1.165, 1.54) is 0 Å². The highest BCUT2D eigenvalue weighted by Crippen LogP contribution is 2.29. The minimum absolute atomic E-state index is 0.118. The van der Waals surface area contributed by atoms with E-state index in [0.717, 1.165) is 36.6 Å². The van der Waals surface area contributed by atoms with E-state index in [0.29, 0.717) is 24.9 Å². The number of halogens is 2. The van der Waals surface area contributed by atoms with Gasteiger partial charge in [-0.2, -0.15) is 11.3 Å². The molecule has 0 bridgehead atoms. The number of amides is 1. The number of carbonyl (C=O) groups excluding carboxylic acids is 1. The van der Waals surface area contributed by atoms with Crippen LogP contribution in [0.2, 0.25) is 0 Å². The summed E-state index contributed by atoms with van der Waals surface area (Å²) in [5.74, 6) is -0.340. The van der Waals surface area contributed by atoms with Gasteiger partial charge in [-0.05, 0) is 49.5 Å². The first-order valence-corrected chi connectivity index (χ1v) is 9.86. The Morgan fingerprint density at radius 2 is 2.07 bits per heavy atom. The SMILES string of the molecule is O=C(CN1CCC(c2nnc(-c3ccsc3)o2)CC1)Nc1cc(F)ccc1F. The molecule has 0 atom stereocenters. The van der Waals surface area contributed by atoms with Gasteiger partial charge in [0.25, 0.3) is 0 Å². The molecule has 1 aliphatic heterocycles. The fourth-order valence-corrected chi connectivity index (χ4v) is 3.86. The van der Waals surface area contributed by atoms with Crippen LogP contribution in [0.1, 0.15) is 24.7 Å². The molecule has 0 saturated carbocycles. The van der Waals surface area contributed by atoms with Gasteiger partial charge >= 0.3 is 0 Å². The van der Waals surface area contributed by atoms with Gasteiger partial charge in [0.2, 0.25) is 17.7 Å². The number of piperidine rings is 1. The number of anilines is 1. The maximum absolute atomic E-state index is 13.6. The summed E-state index contributed by atoms with van der Waals surface area (Å²) in [6, 6.07) is 4.91. The Hall–Kier alpha value is -2.65. The zero-order valence-corrected chi connectivity index (χ0v) is 15.7. The van der Waals surface area contributed by atoms with Gasteiger partial charge in [0.15, 0.2) is 0 Å². The fourth-order valence-electron chi connectivity index (χ4n) is 3.23. The van der Waals surface area contributed by atoms with Crippen molar-refractivity contribution < 1.29 is 18.0 Å². The molecule has 4 rings (SSSR count). The average Bonchev–Trinajstić information content (AvgIpc) is 3.37. The van der Waals surface area contributed by atoms with Crippen LogP contribution in [0.25, 0.3) is 11.5 Å². The van der Waals surface area contributed by atoms with Crippen LogP contribution in [0, 0.1) is 11.6 Å². The lowest BCUT2D eigenvalue weighted by atomic mass is 9.97. The molecule has 9 heteroatoms. The normalized spacial score (nSPS) is 15.6. The zero-order chi connectivity index (χ0) is 19.5. The van der Waals surface area contributed by atoms with Crippen molar-refractivity contribution in [3.05, 3.63) is 52.6 Å². The number of nitrogens with one attached hydrogen (secondary N) is 1. The van der Waals surface area contributed by atoms with E-state index >= 15 is 0 Å². The van der Waals surface area contributed by atoms with E-state index in [-0.39, 0.29) is 24.1 Å². The van der Waals surface area contributed by atoms with E-state index in [4.69, 9.17) is 4.42 Å². The molecule has 6 nitrogen and oxygen atoms in total. The molecule has 1 amide bonds. The Kier molecular flexibility index (Phi) is 5.45. The van der Waals surface area contributed by atoms with Gasteiger partial charge in [-0.3, -0.25) is 9.69 Å². The van der Waals surface area contributed by atoms with Gasteiger partial charge in [-0.25, -0.2) is 8.78 Å². The number of nitrogens with zero attached hydrogens (tertiary/aromatic N) is 3. The molecule has 1 aliphatic rings. The van der Waals surface area contributed by atoms with Crippen molar-refractivity contribution in [2.75, 3.05) is 25.0 Å². The molecule has 3 heterocycles. The second kappa shape index (κ2) is 8.15. The van der Waals surface area contributed by atoms with Crippen molar-refractivity contribution in [1.82, 2.24) is 15.1 Å². The second-order valence-corrected chi connectivity index (χ2v) is 7.46. The van der Waals surface area contributed by atoms with E-state index in [9.17, 15) is 13.6 Å². The highest BCUT2D eigenvalue weighted by Gasteiger charge is 2.26. The van der Waals surface area contributed by atoms with Crippen LogP contribution in [-0.4, -0.2) is 40.6 Å². The summed E-state index contributed by atoms with van der Waals surface area (Å²) >= 11 is 1.57. The Labute approximate surface area is 164 Å². The molecule has 2 aromatic heterocycles. The summed E-state index contributed by atoms with van der Waals surface area (Å²) in [6.07, 6.45) is 1.57. The summed E-state index contributed by atoms with van der Waals surface area (Å²) in [5, 5.41) is 14.6. The van der Waals surface area contributed by atoms with Crippen LogP contribution >= 0.6 is 11.3 Å². The maximum Gasteiger partial charge on any atom is 0.248 e. The van der Waals surface area contributed by atoms with Gasteiger partial charge in [-0.1, -0.05) is 0 Å². The number of benzene rings is 1. The monoisotopic (exact) mass is 404 g/mol. The number of thiophene rings is 1. The Balaban J connectivity index is 1.29. The first-order chi connectivity index (χ1) is 13.6. The quantitative estimate of drug-likeness (QED) is 0.699. The smallest absolute Gasteiger partial charge is 0.248 e. The van der Waals surface area contributed by atoms with Crippen LogP contribution in [0.3, 0.4) is 0 Å². The summed E-state index contributed by atoms with van der Waals surface area (Å²) in [7, 11) is 0. The number of likely N-dealkylation sites (tertiary alicyclic amines) is 1. The molecular weight excluding hydrogens is 386 g/mol. The standard InChI is InChI=1S/C19H18F2N4O2S/c20-14-1-2-15(21)16(9-14)22-17(26)10-25-6-3-12(4-7-25)18-23-24-19(27-18)13-5-8-28-11-13/h1-2,5,8-9,11-12H,3-4,6-7,10H2,(H,22,26). The minimum Gasteiger partial charge on any atom is -0.420 e. The van der Waals surface area contributed by atoms with Crippen molar-refractivity contribution in [2.45, 2.75) is 18.8 Å². The van der Waals surface area contributed by atoms with Gasteiger partial charge in [0, 0.05) is 22.9 Å². The number of rotatable bonds is 5. The van der Waals surface area contributed by atoms with Gasteiger partial charge < -0.3 is 9.73 Å². The van der Waals surface area contributed by atoms with Crippen LogP contribution in [0.15, 0.2) is 39.4 Å². The van der Waals surface area contributed by atoms with Crippen molar-refractivity contribution in [3.63, 3.8) is 0 Å². The molecule has 1 aromatic carbocycles. The molecular formula is C19H18F2N4O2S. The fraction of sp³-hybridized carbons (Fsp3) is 0.316. The van der Waals surface area contributed by atoms with Gasteiger partial charge in [-0.15, -0.1) is 10.2 Å². The summed E-state index contributed by atoms with van der Waals surface area (Å²) in [6.45, 7) is 1.48. The topological polar surface area (TPSA) is 71.3 Å². The Morgan fingerprint density at radius 1 is 1.25 bits per heavy atom. The molecule has 1 saturated heterocycles. The molecule has 1 fully saturated rings. The number of hydrogen-bond donors (Lipinski definition) is 1. The lowest BCUT2D eigenvalue weighted by Gasteiger charge is -2.29. The third-order valence-corrected chi connectivity index (χ3v) is 5.40. The minimum atomic E-state index is -0.661. The molecule has 0 aliphatic carbocycles. The van der Waals surface area contributed by atoms with Crippen LogP contribution in [0.5, 0.6) is 0 Å². The third kappa shape index (κ3) is 4.26. The van der Waals surface area contributed by atoms with E-state index in [1.807, 2.05) is 21.7 Å². The molecule has 0 spiro atoms. The lowest BCUT2D eigenvalue weighted by molar-refractivity contribution is -0.117. The van der Waals surface area contributed by atoms with Gasteiger partial charge in [0.05, 0.1) is 12.2 Å². The van der Waals surface area contributed by atoms with Gasteiger partial charge in [0.1, 0.15) is 11.6 Å². The maximum atomic E-state index is 13.6. The summed E-state index contributed by atoms with van der Waals surface area (Å²) in [5.41, 5.74) is 0.772. The molecule has 28 heavy (non-hydrogen) atoms. The molecule has 1 N–H and O–H groups in total. The van der Waals surface area contributed by atoms with E-state index < -0.39 is 11.6 Å². The number of hydrogen-bond acceptors (Lipinski definition) is 6. The van der Waals surface area contributed by atoms with Crippen molar-refractivity contribution in [3.8, 4) is 11.5 Å². The van der Waals surface area contributed by atoms with Crippen LogP contribution in [-0.2, 0) is 4.79 Å². The highest BCUT2D eigenvalue weighted by atomic mass is 32.1. The molecule has 3 aromatic rings. The largest absolute Gasteiger partial charge is 0.420 e. The predicted molar refractivity (Wildman–Crippen MR) is 101 cm³/mol. The van der Waals surface area contributed by atoms with Crippen molar-refractivity contribution in [1.29, 1.82) is 0 Å². The van der Waals surface area contributed by atoms with E-state index in [1.54, 1.807) is 11.3 Å². The average molecular weight is 404 g/mol. The second-order valence-electron chi connectivity index (χ2n) is 6.68. The Morgan fingerprint density at radius 3 is 2.82 bits per heavy atom.